The van der Waals surface area contributed by atoms with Gasteiger partial charge < -0.3 is 5.73 Å². The fraction of sp³-hybridized carbons (Fsp3) is 0.500. The van der Waals surface area contributed by atoms with Crippen LogP contribution in [0.25, 0.3) is 0 Å². The van der Waals surface area contributed by atoms with Crippen LogP contribution in [-0.2, 0) is 10.0 Å². The van der Waals surface area contributed by atoms with Crippen LogP contribution in [-0.4, -0.2) is 26.5 Å². The molecule has 1 unspecified atom stereocenters. The molecule has 108 valence electrons. The van der Waals surface area contributed by atoms with Gasteiger partial charge in [0.15, 0.2) is 0 Å². The van der Waals surface area contributed by atoms with Crippen molar-refractivity contribution in [1.82, 2.24) is 4.72 Å². The third kappa shape index (κ3) is 4.37. The normalized spacial score (nSPS) is 13.5. The molecule has 3 N–H and O–H groups in total. The summed E-state index contributed by atoms with van der Waals surface area (Å²) >= 11 is 4.91. The summed E-state index contributed by atoms with van der Waals surface area (Å²) in [5.74, 6) is 0.751. The van der Waals surface area contributed by atoms with E-state index in [1.807, 2.05) is 13.2 Å². The van der Waals surface area contributed by atoms with E-state index in [0.717, 1.165) is 12.2 Å². The number of hydrogen-bond acceptors (Lipinski definition) is 4. The number of sulfonamides is 1. The predicted octanol–water partition coefficient (Wildman–Crippen LogP) is 2.76. The number of rotatable bonds is 6. The van der Waals surface area contributed by atoms with Gasteiger partial charge in [-0.1, -0.05) is 6.92 Å². The van der Waals surface area contributed by atoms with Crippen LogP contribution in [0.5, 0.6) is 0 Å². The van der Waals surface area contributed by atoms with Crippen molar-refractivity contribution in [3.63, 3.8) is 0 Å². The highest BCUT2D eigenvalue weighted by Gasteiger charge is 2.21. The summed E-state index contributed by atoms with van der Waals surface area (Å²) in [6.07, 6.45) is 2.71. The smallest absolute Gasteiger partial charge is 0.241 e. The fourth-order valence-corrected chi connectivity index (χ4v) is 4.54. The zero-order chi connectivity index (χ0) is 14.6. The lowest BCUT2D eigenvalue weighted by atomic mass is 10.2. The van der Waals surface area contributed by atoms with Gasteiger partial charge in [-0.3, -0.25) is 0 Å². The Morgan fingerprint density at radius 1 is 1.47 bits per heavy atom. The lowest BCUT2D eigenvalue weighted by molar-refractivity contribution is 0.557. The van der Waals surface area contributed by atoms with Gasteiger partial charge in [-0.05, 0) is 53.2 Å². The van der Waals surface area contributed by atoms with Crippen molar-refractivity contribution < 1.29 is 8.42 Å². The van der Waals surface area contributed by atoms with E-state index in [1.165, 1.54) is 6.07 Å². The summed E-state index contributed by atoms with van der Waals surface area (Å²) in [7, 11) is -3.53. The van der Waals surface area contributed by atoms with E-state index in [9.17, 15) is 8.42 Å². The number of hydrogen-bond donors (Lipinski definition) is 2. The van der Waals surface area contributed by atoms with Crippen molar-refractivity contribution in [2.75, 3.05) is 17.7 Å². The maximum absolute atomic E-state index is 12.4. The third-order valence-corrected chi connectivity index (χ3v) is 5.85. The number of anilines is 1. The van der Waals surface area contributed by atoms with Crippen LogP contribution in [0, 0.1) is 6.92 Å². The second kappa shape index (κ2) is 6.97. The van der Waals surface area contributed by atoms with Crippen molar-refractivity contribution >= 4 is 43.4 Å². The molecule has 0 spiro atoms. The summed E-state index contributed by atoms with van der Waals surface area (Å²) in [6, 6.07) is 3.15. The molecule has 0 saturated heterocycles. The number of nitrogens with two attached hydrogens (primary N) is 1. The average molecular weight is 367 g/mol. The van der Waals surface area contributed by atoms with Gasteiger partial charge >= 0.3 is 0 Å². The first-order valence-corrected chi connectivity index (χ1v) is 9.55. The molecular weight excluding hydrogens is 348 g/mol. The first-order chi connectivity index (χ1) is 8.81. The van der Waals surface area contributed by atoms with Crippen molar-refractivity contribution in [3.8, 4) is 0 Å². The van der Waals surface area contributed by atoms with E-state index >= 15 is 0 Å². The minimum atomic E-state index is -3.53. The number of nitrogen functional groups attached to an aromatic ring is 1. The number of benzene rings is 1. The molecule has 1 aromatic carbocycles. The molecule has 0 bridgehead atoms. The Balaban J connectivity index is 3.10. The summed E-state index contributed by atoms with van der Waals surface area (Å²) < 4.78 is 28.2. The van der Waals surface area contributed by atoms with Crippen molar-refractivity contribution in [2.45, 2.75) is 31.2 Å². The summed E-state index contributed by atoms with van der Waals surface area (Å²) in [5, 5.41) is 0. The molecular formula is C12H19BrN2O2S2. The maximum Gasteiger partial charge on any atom is 0.241 e. The Hall–Kier alpha value is -0.240. The minimum Gasteiger partial charge on any atom is -0.398 e. The van der Waals surface area contributed by atoms with E-state index < -0.39 is 10.0 Å². The van der Waals surface area contributed by atoms with E-state index in [-0.39, 0.29) is 10.9 Å². The zero-order valence-electron chi connectivity index (χ0n) is 11.2. The van der Waals surface area contributed by atoms with Gasteiger partial charge in [0.2, 0.25) is 10.0 Å². The first kappa shape index (κ1) is 16.8. The number of aryl methyl sites for hydroxylation is 1. The van der Waals surface area contributed by atoms with Gasteiger partial charge in [-0.2, -0.15) is 11.8 Å². The van der Waals surface area contributed by atoms with Crippen LogP contribution < -0.4 is 10.5 Å². The van der Waals surface area contributed by atoms with E-state index in [4.69, 9.17) is 5.73 Å². The minimum absolute atomic E-state index is 0.0655. The van der Waals surface area contributed by atoms with Crippen LogP contribution in [0.1, 0.15) is 18.9 Å². The monoisotopic (exact) mass is 366 g/mol. The zero-order valence-corrected chi connectivity index (χ0v) is 14.5. The Morgan fingerprint density at radius 3 is 2.63 bits per heavy atom. The molecule has 1 aromatic rings. The highest BCUT2D eigenvalue weighted by atomic mass is 79.9. The number of halogens is 1. The van der Waals surface area contributed by atoms with Gasteiger partial charge in [-0.25, -0.2) is 13.1 Å². The second-order valence-electron chi connectivity index (χ2n) is 4.32. The SMILES string of the molecule is CCC(CSC)NS(=O)(=O)c1cc(N)c(Br)cc1C. The van der Waals surface area contributed by atoms with Crippen molar-refractivity contribution in [1.29, 1.82) is 0 Å². The van der Waals surface area contributed by atoms with E-state index in [2.05, 4.69) is 20.7 Å². The standard InChI is InChI=1S/C12H19BrN2O2S2/c1-4-9(7-18-3)15-19(16,17)12-6-11(14)10(13)5-8(12)2/h5-6,9,15H,4,7,14H2,1-3H3. The molecule has 4 nitrogen and oxygen atoms in total. The molecule has 0 aliphatic rings. The van der Waals surface area contributed by atoms with Gasteiger partial charge in [0.05, 0.1) is 4.90 Å². The molecule has 1 atom stereocenters. The van der Waals surface area contributed by atoms with Crippen LogP contribution >= 0.6 is 27.7 Å². The lowest BCUT2D eigenvalue weighted by Gasteiger charge is -2.17. The van der Waals surface area contributed by atoms with Gasteiger partial charge in [0.25, 0.3) is 0 Å². The topological polar surface area (TPSA) is 72.2 Å². The molecule has 0 aliphatic carbocycles. The van der Waals surface area contributed by atoms with Gasteiger partial charge in [-0.15, -0.1) is 0 Å². The Morgan fingerprint density at radius 2 is 2.11 bits per heavy atom. The summed E-state index contributed by atoms with van der Waals surface area (Å²) in [4.78, 5) is 0.243. The highest BCUT2D eigenvalue weighted by molar-refractivity contribution is 9.10. The van der Waals surface area contributed by atoms with Crippen LogP contribution in [0.4, 0.5) is 5.69 Å². The summed E-state index contributed by atoms with van der Waals surface area (Å²) in [5.41, 5.74) is 6.86. The molecule has 19 heavy (non-hydrogen) atoms. The van der Waals surface area contributed by atoms with Crippen molar-refractivity contribution in [3.05, 3.63) is 22.2 Å². The van der Waals surface area contributed by atoms with E-state index in [1.54, 1.807) is 24.8 Å². The van der Waals surface area contributed by atoms with E-state index in [0.29, 0.717) is 15.7 Å². The predicted molar refractivity (Wildman–Crippen MR) is 86.1 cm³/mol. The third-order valence-electron chi connectivity index (χ3n) is 2.77. The average Bonchev–Trinajstić information content (AvgIpc) is 2.32. The maximum atomic E-state index is 12.4. The lowest BCUT2D eigenvalue weighted by Crippen LogP contribution is -2.36. The van der Waals surface area contributed by atoms with Crippen molar-refractivity contribution in [2.24, 2.45) is 0 Å². The second-order valence-corrected chi connectivity index (χ2v) is 7.77. The van der Waals surface area contributed by atoms with Gasteiger partial charge in [0, 0.05) is 22.0 Å². The van der Waals surface area contributed by atoms with Crippen LogP contribution in [0.3, 0.4) is 0 Å². The highest BCUT2D eigenvalue weighted by Crippen LogP contribution is 2.26. The van der Waals surface area contributed by atoms with Crippen LogP contribution in [0.15, 0.2) is 21.5 Å². The molecule has 0 fully saturated rings. The number of nitrogens with one attached hydrogen (secondary N) is 1. The van der Waals surface area contributed by atoms with Crippen LogP contribution in [0.2, 0.25) is 0 Å². The summed E-state index contributed by atoms with van der Waals surface area (Å²) in [6.45, 7) is 3.72. The Labute approximate surface area is 127 Å². The molecule has 0 heterocycles. The molecule has 7 heteroatoms. The molecule has 0 radical (unpaired) electrons. The molecule has 0 aromatic heterocycles. The van der Waals surface area contributed by atoms with Gasteiger partial charge in [0.1, 0.15) is 0 Å². The molecule has 0 aliphatic heterocycles. The molecule has 1 rings (SSSR count). The molecule has 0 amide bonds. The largest absolute Gasteiger partial charge is 0.398 e. The quantitative estimate of drug-likeness (QED) is 0.759. The first-order valence-electron chi connectivity index (χ1n) is 5.88. The Kier molecular flexibility index (Phi) is 6.16. The Bertz CT molecular complexity index is 547. The number of thioether (sulfide) groups is 1. The molecule has 0 saturated carbocycles. The fourth-order valence-electron chi connectivity index (χ4n) is 1.68.